The molecule has 0 bridgehead atoms. The Morgan fingerprint density at radius 2 is 2.15 bits per heavy atom. The van der Waals surface area contributed by atoms with Gasteiger partial charge in [0.2, 0.25) is 0 Å². The van der Waals surface area contributed by atoms with Gasteiger partial charge in [0.1, 0.15) is 4.83 Å². The lowest BCUT2D eigenvalue weighted by Gasteiger charge is -2.06. The monoisotopic (exact) mass is 389 g/mol. The van der Waals surface area contributed by atoms with Crippen molar-refractivity contribution in [3.8, 4) is 0 Å². The fourth-order valence-electron chi connectivity index (χ4n) is 2.60. The van der Waals surface area contributed by atoms with Gasteiger partial charge in [-0.3, -0.25) is 14.3 Å². The van der Waals surface area contributed by atoms with Gasteiger partial charge in [-0.15, -0.1) is 11.3 Å². The predicted octanol–water partition coefficient (Wildman–Crippen LogP) is 3.90. The number of fused-ring (bicyclic) bond motifs is 1. The molecule has 26 heavy (non-hydrogen) atoms. The molecule has 2 aromatic heterocycles. The number of nitrogens with zero attached hydrogens (tertiary/aromatic N) is 2. The molecule has 1 aromatic carbocycles. The van der Waals surface area contributed by atoms with E-state index >= 15 is 0 Å². The molecule has 2 N–H and O–H groups in total. The summed E-state index contributed by atoms with van der Waals surface area (Å²) < 4.78 is 1.79. The lowest BCUT2D eigenvalue weighted by atomic mass is 10.2. The summed E-state index contributed by atoms with van der Waals surface area (Å²) in [6.45, 7) is 1.93. The third kappa shape index (κ3) is 4.25. The van der Waals surface area contributed by atoms with Gasteiger partial charge in [0.05, 0.1) is 17.0 Å². The van der Waals surface area contributed by atoms with Crippen LogP contribution in [0.5, 0.6) is 0 Å². The van der Waals surface area contributed by atoms with Crippen LogP contribution in [0.25, 0.3) is 10.2 Å². The van der Waals surface area contributed by atoms with Gasteiger partial charge in [-0.1, -0.05) is 12.1 Å². The van der Waals surface area contributed by atoms with Gasteiger partial charge in [-0.05, 0) is 30.7 Å². The number of amides is 1. The third-order valence-corrected chi connectivity index (χ3v) is 6.06. The molecule has 0 atom stereocenters. The molecular weight excluding hydrogens is 370 g/mol. The van der Waals surface area contributed by atoms with E-state index in [4.69, 9.17) is 5.11 Å². The number of rotatable bonds is 7. The Labute approximate surface area is 159 Å². The molecule has 6 nitrogen and oxygen atoms in total. The Morgan fingerprint density at radius 3 is 2.88 bits per heavy atom. The first-order valence-electron chi connectivity index (χ1n) is 8.07. The molecule has 0 fully saturated rings. The average molecular weight is 390 g/mol. The normalized spacial score (nSPS) is 11.0. The van der Waals surface area contributed by atoms with Gasteiger partial charge in [0, 0.05) is 29.6 Å². The minimum Gasteiger partial charge on any atom is -0.481 e. The van der Waals surface area contributed by atoms with E-state index in [1.165, 1.54) is 11.3 Å². The Bertz CT molecular complexity index is 927. The number of aromatic nitrogens is 2. The van der Waals surface area contributed by atoms with Crippen molar-refractivity contribution >= 4 is 50.9 Å². The summed E-state index contributed by atoms with van der Waals surface area (Å²) in [4.78, 5) is 24.7. The Morgan fingerprint density at radius 1 is 1.35 bits per heavy atom. The Kier molecular flexibility index (Phi) is 5.63. The SMILES string of the molecule is Cc1nn(C)c2sc(C(=O)Nc3cccc(CSCCC(=O)O)c3)cc12. The molecule has 0 aliphatic rings. The smallest absolute Gasteiger partial charge is 0.304 e. The summed E-state index contributed by atoms with van der Waals surface area (Å²) in [5.74, 6) is 0.361. The van der Waals surface area contributed by atoms with Gasteiger partial charge in [0.15, 0.2) is 0 Å². The molecular formula is C18H19N3O3S2. The zero-order valence-corrected chi connectivity index (χ0v) is 16.1. The second kappa shape index (κ2) is 7.92. The summed E-state index contributed by atoms with van der Waals surface area (Å²) in [5, 5.41) is 17.0. The maximum absolute atomic E-state index is 12.6. The van der Waals surface area contributed by atoms with Gasteiger partial charge in [-0.2, -0.15) is 16.9 Å². The molecule has 0 radical (unpaired) electrons. The molecule has 0 aliphatic carbocycles. The molecule has 136 valence electrons. The van der Waals surface area contributed by atoms with E-state index in [1.54, 1.807) is 16.4 Å². The maximum Gasteiger partial charge on any atom is 0.304 e. The topological polar surface area (TPSA) is 84.2 Å². The first-order chi connectivity index (χ1) is 12.4. The van der Waals surface area contributed by atoms with Crippen LogP contribution in [0.3, 0.4) is 0 Å². The number of benzene rings is 1. The van der Waals surface area contributed by atoms with E-state index in [0.29, 0.717) is 16.4 Å². The predicted molar refractivity (Wildman–Crippen MR) is 106 cm³/mol. The van der Waals surface area contributed by atoms with Crippen LogP contribution in [0.1, 0.15) is 27.3 Å². The second-order valence-electron chi connectivity index (χ2n) is 5.89. The Hall–Kier alpha value is -2.32. The first kappa shape index (κ1) is 18.5. The van der Waals surface area contributed by atoms with Crippen molar-refractivity contribution in [1.82, 2.24) is 9.78 Å². The van der Waals surface area contributed by atoms with Crippen LogP contribution in [0.4, 0.5) is 5.69 Å². The van der Waals surface area contributed by atoms with Crippen LogP contribution in [0.15, 0.2) is 30.3 Å². The van der Waals surface area contributed by atoms with Crippen LogP contribution in [-0.2, 0) is 17.6 Å². The standard InChI is InChI=1S/C18H19N3O3S2/c1-11-14-9-15(26-18(14)21(2)20-11)17(24)19-13-5-3-4-12(8-13)10-25-7-6-16(22)23/h3-5,8-9H,6-7,10H2,1-2H3,(H,19,24)(H,22,23). The van der Waals surface area contributed by atoms with Crippen molar-refractivity contribution in [2.75, 3.05) is 11.1 Å². The summed E-state index contributed by atoms with van der Waals surface area (Å²) in [6.07, 6.45) is 0.154. The van der Waals surface area contributed by atoms with Gasteiger partial charge in [-0.25, -0.2) is 0 Å². The van der Waals surface area contributed by atoms with Gasteiger partial charge in [0.25, 0.3) is 5.91 Å². The number of carboxylic acids is 1. The number of nitrogens with one attached hydrogen (secondary N) is 1. The summed E-state index contributed by atoms with van der Waals surface area (Å²) in [5.41, 5.74) is 2.70. The van der Waals surface area contributed by atoms with E-state index < -0.39 is 5.97 Å². The highest BCUT2D eigenvalue weighted by Crippen LogP contribution is 2.28. The lowest BCUT2D eigenvalue weighted by Crippen LogP contribution is -2.10. The Balaban J connectivity index is 1.65. The number of aliphatic carboxylic acids is 1. The molecule has 0 spiro atoms. The molecule has 0 saturated carbocycles. The van der Waals surface area contributed by atoms with Crippen molar-refractivity contribution in [3.05, 3.63) is 46.5 Å². The van der Waals surface area contributed by atoms with E-state index in [9.17, 15) is 9.59 Å². The maximum atomic E-state index is 12.6. The van der Waals surface area contributed by atoms with E-state index in [1.807, 2.05) is 44.3 Å². The highest BCUT2D eigenvalue weighted by atomic mass is 32.2. The summed E-state index contributed by atoms with van der Waals surface area (Å²) in [6, 6.07) is 9.51. The molecule has 8 heteroatoms. The highest BCUT2D eigenvalue weighted by Gasteiger charge is 2.15. The largest absolute Gasteiger partial charge is 0.481 e. The molecule has 0 unspecified atom stereocenters. The van der Waals surface area contributed by atoms with Crippen molar-refractivity contribution in [2.24, 2.45) is 7.05 Å². The number of carbonyl (C=O) groups excluding carboxylic acids is 1. The second-order valence-corrected chi connectivity index (χ2v) is 8.03. The van der Waals surface area contributed by atoms with Gasteiger partial charge < -0.3 is 10.4 Å². The van der Waals surface area contributed by atoms with Crippen LogP contribution < -0.4 is 5.32 Å². The zero-order chi connectivity index (χ0) is 18.7. The first-order valence-corrected chi connectivity index (χ1v) is 10.0. The molecule has 1 amide bonds. The van der Waals surface area contributed by atoms with Crippen LogP contribution in [0.2, 0.25) is 0 Å². The molecule has 2 heterocycles. The van der Waals surface area contributed by atoms with Crippen molar-refractivity contribution in [2.45, 2.75) is 19.1 Å². The van der Waals surface area contributed by atoms with Crippen molar-refractivity contribution in [3.63, 3.8) is 0 Å². The number of thiophene rings is 1. The number of aryl methyl sites for hydroxylation is 2. The third-order valence-electron chi connectivity index (χ3n) is 3.83. The van der Waals surface area contributed by atoms with Crippen molar-refractivity contribution in [1.29, 1.82) is 0 Å². The van der Waals surface area contributed by atoms with Crippen LogP contribution in [0, 0.1) is 6.92 Å². The number of carbonyl (C=O) groups is 2. The van der Waals surface area contributed by atoms with Gasteiger partial charge >= 0.3 is 5.97 Å². The number of carboxylic acid groups (broad SMARTS) is 1. The highest BCUT2D eigenvalue weighted by molar-refractivity contribution is 7.98. The lowest BCUT2D eigenvalue weighted by molar-refractivity contribution is -0.136. The van der Waals surface area contributed by atoms with E-state index in [0.717, 1.165) is 27.2 Å². The minimum atomic E-state index is -0.785. The number of anilines is 1. The quantitative estimate of drug-likeness (QED) is 0.599. The number of hydrogen-bond donors (Lipinski definition) is 2. The number of hydrogen-bond acceptors (Lipinski definition) is 5. The number of thioether (sulfide) groups is 1. The fraction of sp³-hybridized carbons (Fsp3) is 0.278. The van der Waals surface area contributed by atoms with E-state index in [2.05, 4.69) is 10.4 Å². The van der Waals surface area contributed by atoms with Crippen molar-refractivity contribution < 1.29 is 14.7 Å². The average Bonchev–Trinajstić information content (AvgIpc) is 3.14. The van der Waals surface area contributed by atoms with Crippen LogP contribution in [-0.4, -0.2) is 32.5 Å². The summed E-state index contributed by atoms with van der Waals surface area (Å²) in [7, 11) is 1.87. The zero-order valence-electron chi connectivity index (χ0n) is 14.5. The minimum absolute atomic E-state index is 0.138. The molecule has 3 rings (SSSR count). The molecule has 3 aromatic rings. The molecule has 0 aliphatic heterocycles. The summed E-state index contributed by atoms with van der Waals surface area (Å²) >= 11 is 2.99. The van der Waals surface area contributed by atoms with E-state index in [-0.39, 0.29) is 12.3 Å². The molecule has 0 saturated heterocycles. The fourth-order valence-corrected chi connectivity index (χ4v) is 4.50. The van der Waals surface area contributed by atoms with Crippen LogP contribution >= 0.6 is 23.1 Å².